The van der Waals surface area contributed by atoms with Gasteiger partial charge in [-0.05, 0) is 31.0 Å². The molecule has 1 atom stereocenters. The molecule has 2 nitrogen and oxygen atoms in total. The first-order chi connectivity index (χ1) is 7.09. The maximum Gasteiger partial charge on any atom is 0.229 e. The molecule has 0 aliphatic carbocycles. The van der Waals surface area contributed by atoms with Crippen LogP contribution in [0.15, 0.2) is 18.2 Å². The molecule has 0 unspecified atom stereocenters. The fourth-order valence-electron chi connectivity index (χ4n) is 1.83. The summed E-state index contributed by atoms with van der Waals surface area (Å²) >= 11 is 6.04. The van der Waals surface area contributed by atoms with E-state index in [-0.39, 0.29) is 11.8 Å². The van der Waals surface area contributed by atoms with Crippen molar-refractivity contribution >= 4 is 23.2 Å². The van der Waals surface area contributed by atoms with Crippen molar-refractivity contribution < 1.29 is 4.79 Å². The van der Waals surface area contributed by atoms with Gasteiger partial charge >= 0.3 is 0 Å². The van der Waals surface area contributed by atoms with Gasteiger partial charge in [-0.25, -0.2) is 0 Å². The van der Waals surface area contributed by atoms with Crippen LogP contribution in [0.3, 0.4) is 0 Å². The van der Waals surface area contributed by atoms with Crippen molar-refractivity contribution in [3.8, 4) is 0 Å². The van der Waals surface area contributed by atoms with E-state index < -0.39 is 0 Å². The molecule has 1 saturated heterocycles. The van der Waals surface area contributed by atoms with Gasteiger partial charge in [-0.1, -0.05) is 24.6 Å². The second-order valence-corrected chi connectivity index (χ2v) is 4.52. The Balaban J connectivity index is 2.31. The van der Waals surface area contributed by atoms with Crippen molar-refractivity contribution in [2.24, 2.45) is 5.92 Å². The van der Waals surface area contributed by atoms with Crippen LogP contribution in [-0.2, 0) is 4.79 Å². The number of amides is 1. The molecule has 0 bridgehead atoms. The molecular weight excluding hydrogens is 210 g/mol. The Hall–Kier alpha value is -1.02. The normalized spacial score (nSPS) is 21.1. The highest BCUT2D eigenvalue weighted by atomic mass is 35.5. The summed E-state index contributed by atoms with van der Waals surface area (Å²) < 4.78 is 0. The van der Waals surface area contributed by atoms with Gasteiger partial charge in [-0.15, -0.1) is 0 Å². The number of nitrogens with zero attached hydrogens (tertiary/aromatic N) is 1. The minimum Gasteiger partial charge on any atom is -0.312 e. The minimum absolute atomic E-state index is 0.144. The number of hydrogen-bond donors (Lipinski definition) is 0. The van der Waals surface area contributed by atoms with Gasteiger partial charge in [-0.3, -0.25) is 4.79 Å². The van der Waals surface area contributed by atoms with Crippen molar-refractivity contribution in [1.82, 2.24) is 0 Å². The quantitative estimate of drug-likeness (QED) is 0.717. The highest BCUT2D eigenvalue weighted by Crippen LogP contribution is 2.28. The van der Waals surface area contributed by atoms with Crippen LogP contribution in [0.25, 0.3) is 0 Å². The standard InChI is InChI=1S/C12H14ClNO/c1-8-3-4-10(7-11(8)13)14-6-5-9(2)12(14)15/h3-4,7,9H,5-6H2,1-2H3/t9-/m0/s1. The lowest BCUT2D eigenvalue weighted by Gasteiger charge is -2.16. The highest BCUT2D eigenvalue weighted by molar-refractivity contribution is 6.31. The maximum atomic E-state index is 11.8. The van der Waals surface area contributed by atoms with E-state index in [9.17, 15) is 4.79 Å². The third kappa shape index (κ3) is 1.86. The number of benzene rings is 1. The van der Waals surface area contributed by atoms with E-state index in [1.54, 1.807) is 0 Å². The Morgan fingerprint density at radius 1 is 1.47 bits per heavy atom. The maximum absolute atomic E-state index is 11.8. The Kier molecular flexibility index (Phi) is 2.70. The van der Waals surface area contributed by atoms with E-state index in [1.807, 2.05) is 36.9 Å². The number of hydrogen-bond acceptors (Lipinski definition) is 1. The zero-order valence-corrected chi connectivity index (χ0v) is 9.71. The number of aryl methyl sites for hydroxylation is 1. The highest BCUT2D eigenvalue weighted by Gasteiger charge is 2.28. The molecule has 15 heavy (non-hydrogen) atoms. The Morgan fingerprint density at radius 3 is 2.73 bits per heavy atom. The van der Waals surface area contributed by atoms with Crippen LogP contribution in [0.2, 0.25) is 5.02 Å². The molecule has 1 aromatic carbocycles. The van der Waals surface area contributed by atoms with E-state index in [2.05, 4.69) is 0 Å². The van der Waals surface area contributed by atoms with Crippen LogP contribution in [0.5, 0.6) is 0 Å². The molecule has 80 valence electrons. The topological polar surface area (TPSA) is 20.3 Å². The van der Waals surface area contributed by atoms with Crippen molar-refractivity contribution in [3.63, 3.8) is 0 Å². The van der Waals surface area contributed by atoms with Gasteiger partial charge in [0.2, 0.25) is 5.91 Å². The molecule has 0 aromatic heterocycles. The predicted molar refractivity (Wildman–Crippen MR) is 62.3 cm³/mol. The molecule has 2 rings (SSSR count). The van der Waals surface area contributed by atoms with E-state index in [0.717, 1.165) is 29.2 Å². The van der Waals surface area contributed by atoms with E-state index >= 15 is 0 Å². The first-order valence-corrected chi connectivity index (χ1v) is 5.55. The van der Waals surface area contributed by atoms with Crippen LogP contribution < -0.4 is 4.90 Å². The predicted octanol–water partition coefficient (Wildman–Crippen LogP) is 3.02. The third-order valence-electron chi connectivity index (χ3n) is 2.94. The molecular formula is C12H14ClNO. The summed E-state index contributed by atoms with van der Waals surface area (Å²) in [4.78, 5) is 13.6. The molecule has 1 fully saturated rings. The van der Waals surface area contributed by atoms with Gasteiger partial charge in [-0.2, -0.15) is 0 Å². The zero-order valence-electron chi connectivity index (χ0n) is 8.96. The summed E-state index contributed by atoms with van der Waals surface area (Å²) in [5, 5.41) is 0.722. The number of halogens is 1. The van der Waals surface area contributed by atoms with Crippen LogP contribution in [0.4, 0.5) is 5.69 Å². The average molecular weight is 224 g/mol. The van der Waals surface area contributed by atoms with Gasteiger partial charge in [0.25, 0.3) is 0 Å². The summed E-state index contributed by atoms with van der Waals surface area (Å²) in [6.07, 6.45) is 0.935. The molecule has 3 heteroatoms. The first-order valence-electron chi connectivity index (χ1n) is 5.17. The first kappa shape index (κ1) is 10.5. The molecule has 0 N–H and O–H groups in total. The molecule has 1 aliphatic heterocycles. The fraction of sp³-hybridized carbons (Fsp3) is 0.417. The molecule has 0 saturated carbocycles. The lowest BCUT2D eigenvalue weighted by Crippen LogP contribution is -2.26. The minimum atomic E-state index is 0.144. The monoisotopic (exact) mass is 223 g/mol. The lowest BCUT2D eigenvalue weighted by atomic mass is 10.1. The smallest absolute Gasteiger partial charge is 0.229 e. The Labute approximate surface area is 94.8 Å². The largest absolute Gasteiger partial charge is 0.312 e. The van der Waals surface area contributed by atoms with Crippen molar-refractivity contribution in [2.75, 3.05) is 11.4 Å². The molecule has 1 aromatic rings. The van der Waals surface area contributed by atoms with Crippen LogP contribution in [0.1, 0.15) is 18.9 Å². The zero-order chi connectivity index (χ0) is 11.0. The van der Waals surface area contributed by atoms with Gasteiger partial charge in [0.1, 0.15) is 0 Å². The fourth-order valence-corrected chi connectivity index (χ4v) is 2.00. The van der Waals surface area contributed by atoms with Gasteiger partial charge in [0, 0.05) is 23.2 Å². The molecule has 1 aliphatic rings. The summed E-state index contributed by atoms with van der Waals surface area (Å²) in [6.45, 7) is 4.73. The van der Waals surface area contributed by atoms with Crippen LogP contribution in [-0.4, -0.2) is 12.5 Å². The summed E-state index contributed by atoms with van der Waals surface area (Å²) in [6, 6.07) is 5.78. The number of carbonyl (C=O) groups is 1. The Morgan fingerprint density at radius 2 is 2.20 bits per heavy atom. The van der Waals surface area contributed by atoms with Crippen LogP contribution >= 0.6 is 11.6 Å². The second-order valence-electron chi connectivity index (χ2n) is 4.11. The molecule has 0 radical (unpaired) electrons. The summed E-state index contributed by atoms with van der Waals surface area (Å²) in [5.41, 5.74) is 1.96. The number of rotatable bonds is 1. The number of anilines is 1. The van der Waals surface area contributed by atoms with Crippen LogP contribution in [0, 0.1) is 12.8 Å². The SMILES string of the molecule is Cc1ccc(N2CC[C@H](C)C2=O)cc1Cl. The third-order valence-corrected chi connectivity index (χ3v) is 3.35. The van der Waals surface area contributed by atoms with Gasteiger partial charge < -0.3 is 4.90 Å². The summed E-state index contributed by atoms with van der Waals surface area (Å²) in [7, 11) is 0. The van der Waals surface area contributed by atoms with Crippen molar-refractivity contribution in [2.45, 2.75) is 20.3 Å². The second kappa shape index (κ2) is 3.86. The molecule has 1 amide bonds. The molecule has 1 heterocycles. The van der Waals surface area contributed by atoms with Crippen molar-refractivity contribution in [1.29, 1.82) is 0 Å². The Bertz CT molecular complexity index is 403. The average Bonchev–Trinajstić information content (AvgIpc) is 2.53. The van der Waals surface area contributed by atoms with Gasteiger partial charge in [0.05, 0.1) is 0 Å². The van der Waals surface area contributed by atoms with E-state index in [4.69, 9.17) is 11.6 Å². The lowest BCUT2D eigenvalue weighted by molar-refractivity contribution is -0.119. The van der Waals surface area contributed by atoms with E-state index in [0.29, 0.717) is 0 Å². The van der Waals surface area contributed by atoms with Crippen molar-refractivity contribution in [3.05, 3.63) is 28.8 Å². The number of carbonyl (C=O) groups excluding carboxylic acids is 1. The van der Waals surface area contributed by atoms with Gasteiger partial charge in [0.15, 0.2) is 0 Å². The molecule has 0 spiro atoms. The summed E-state index contributed by atoms with van der Waals surface area (Å²) in [5.74, 6) is 0.347. The van der Waals surface area contributed by atoms with E-state index in [1.165, 1.54) is 0 Å².